The second kappa shape index (κ2) is 7.14. The lowest BCUT2D eigenvalue weighted by Gasteiger charge is -2.36. The largest absolute Gasteiger partial charge is 0.487 e. The predicted octanol–water partition coefficient (Wildman–Crippen LogP) is 5.56. The summed E-state index contributed by atoms with van der Waals surface area (Å²) in [5.74, 6) is -0.717. The Balaban J connectivity index is 1.56. The maximum atomic E-state index is 12.7. The first-order chi connectivity index (χ1) is 13.3. The molecule has 0 atom stereocenters. The molecule has 8 heteroatoms. The van der Waals surface area contributed by atoms with E-state index in [1.807, 2.05) is 0 Å². The number of carboxylic acid groups (broad SMARTS) is 1. The Morgan fingerprint density at radius 2 is 1.75 bits per heavy atom. The molecular formula is C20H16Cl3NO4. The second-order valence-electron chi connectivity index (χ2n) is 7.12. The van der Waals surface area contributed by atoms with Crippen molar-refractivity contribution in [2.24, 2.45) is 0 Å². The Bertz CT molecular complexity index is 960. The van der Waals surface area contributed by atoms with E-state index in [9.17, 15) is 14.7 Å². The van der Waals surface area contributed by atoms with Crippen LogP contribution in [0, 0.1) is 0 Å². The predicted molar refractivity (Wildman–Crippen MR) is 108 cm³/mol. The molecule has 1 aliphatic heterocycles. The summed E-state index contributed by atoms with van der Waals surface area (Å²) in [5, 5.41) is 13.3. The summed E-state index contributed by atoms with van der Waals surface area (Å²) >= 11 is 18.3. The van der Waals surface area contributed by atoms with Gasteiger partial charge in [0.2, 0.25) is 5.91 Å². The van der Waals surface area contributed by atoms with E-state index >= 15 is 0 Å². The first-order valence-electron chi connectivity index (χ1n) is 8.80. The summed E-state index contributed by atoms with van der Waals surface area (Å²) in [6.07, 6.45) is 2.16. The van der Waals surface area contributed by atoms with Crippen LogP contribution in [0.25, 0.3) is 0 Å². The number of halogens is 3. The van der Waals surface area contributed by atoms with Gasteiger partial charge in [0.25, 0.3) is 0 Å². The minimum Gasteiger partial charge on any atom is -0.487 e. The van der Waals surface area contributed by atoms with Crippen molar-refractivity contribution in [3.05, 3.63) is 56.5 Å². The molecule has 4 rings (SSSR count). The number of carbonyl (C=O) groups excluding carboxylic acids is 1. The van der Waals surface area contributed by atoms with Crippen molar-refractivity contribution >= 4 is 52.4 Å². The average Bonchev–Trinajstić information content (AvgIpc) is 2.91. The molecule has 0 saturated heterocycles. The van der Waals surface area contributed by atoms with Gasteiger partial charge in [-0.1, -0.05) is 34.8 Å². The van der Waals surface area contributed by atoms with E-state index in [1.165, 1.54) is 6.07 Å². The first-order valence-corrected chi connectivity index (χ1v) is 9.94. The maximum absolute atomic E-state index is 12.7. The van der Waals surface area contributed by atoms with Crippen molar-refractivity contribution in [2.45, 2.75) is 37.2 Å². The molecule has 2 aliphatic rings. The van der Waals surface area contributed by atoms with Gasteiger partial charge in [-0.25, -0.2) is 4.79 Å². The van der Waals surface area contributed by atoms with E-state index in [0.717, 1.165) is 5.56 Å². The molecule has 28 heavy (non-hydrogen) atoms. The lowest BCUT2D eigenvalue weighted by molar-refractivity contribution is -0.122. The molecule has 1 amide bonds. The molecule has 0 bridgehead atoms. The molecular weight excluding hydrogens is 425 g/mol. The quantitative estimate of drug-likeness (QED) is 0.655. The van der Waals surface area contributed by atoms with Crippen LogP contribution in [0.15, 0.2) is 30.3 Å². The van der Waals surface area contributed by atoms with Crippen molar-refractivity contribution in [3.63, 3.8) is 0 Å². The minimum atomic E-state index is -1.01. The number of hydrogen-bond acceptors (Lipinski definition) is 3. The molecule has 146 valence electrons. The summed E-state index contributed by atoms with van der Waals surface area (Å²) in [7, 11) is 0. The fourth-order valence-electron chi connectivity index (χ4n) is 4.05. The summed E-state index contributed by atoms with van der Waals surface area (Å²) in [4.78, 5) is 24.1. The van der Waals surface area contributed by atoms with Gasteiger partial charge in [0, 0.05) is 10.7 Å². The van der Waals surface area contributed by atoms with Gasteiger partial charge >= 0.3 is 5.97 Å². The van der Waals surface area contributed by atoms with Crippen molar-refractivity contribution in [1.29, 1.82) is 0 Å². The Morgan fingerprint density at radius 3 is 2.36 bits per heavy atom. The minimum absolute atomic E-state index is 0.0916. The van der Waals surface area contributed by atoms with E-state index in [-0.39, 0.29) is 17.6 Å². The number of carboxylic acids is 1. The Hall–Kier alpha value is -1.95. The number of anilines is 1. The maximum Gasteiger partial charge on any atom is 0.335 e. The van der Waals surface area contributed by atoms with Crippen LogP contribution in [0.2, 0.25) is 15.1 Å². The highest BCUT2D eigenvalue weighted by molar-refractivity contribution is 6.40. The smallest absolute Gasteiger partial charge is 0.335 e. The number of carbonyl (C=O) groups is 2. The number of nitrogens with one attached hydrogen (secondary N) is 1. The zero-order chi connectivity index (χ0) is 20.1. The van der Waals surface area contributed by atoms with E-state index in [2.05, 4.69) is 5.32 Å². The third-order valence-corrected chi connectivity index (χ3v) is 6.28. The highest BCUT2D eigenvalue weighted by Gasteiger charge is 2.49. The Kier molecular flexibility index (Phi) is 4.94. The van der Waals surface area contributed by atoms with Crippen molar-refractivity contribution in [3.8, 4) is 5.75 Å². The lowest BCUT2D eigenvalue weighted by atomic mass is 9.69. The van der Waals surface area contributed by atoms with E-state index < -0.39 is 11.4 Å². The molecule has 1 spiro atoms. The van der Waals surface area contributed by atoms with Crippen LogP contribution in [0.5, 0.6) is 5.75 Å². The van der Waals surface area contributed by atoms with Gasteiger partial charge < -0.3 is 15.2 Å². The van der Waals surface area contributed by atoms with Gasteiger partial charge in [0.1, 0.15) is 0 Å². The number of aromatic carboxylic acids is 1. The standard InChI is InChI=1S/C20H16Cl3NO4/c21-11-8-14(22)17(15(23)9-11)28-12-3-5-20(6-4-12)13-7-10(18(25)26)1-2-16(13)24-19(20)27/h1-2,7-9,12H,3-6H2,(H,24,27)(H,25,26)/t12-,20-. The third-order valence-electron chi connectivity index (χ3n) is 5.50. The molecule has 2 aromatic rings. The van der Waals surface area contributed by atoms with Crippen LogP contribution in [-0.4, -0.2) is 23.1 Å². The van der Waals surface area contributed by atoms with Crippen LogP contribution in [-0.2, 0) is 10.2 Å². The molecule has 0 radical (unpaired) electrons. The van der Waals surface area contributed by atoms with Gasteiger partial charge in [-0.05, 0) is 61.6 Å². The second-order valence-corrected chi connectivity index (χ2v) is 8.37. The number of ether oxygens (including phenoxy) is 1. The van der Waals surface area contributed by atoms with Crippen molar-refractivity contribution < 1.29 is 19.4 Å². The van der Waals surface area contributed by atoms with Gasteiger partial charge in [0.05, 0.1) is 27.1 Å². The van der Waals surface area contributed by atoms with Gasteiger partial charge in [-0.3, -0.25) is 4.79 Å². The molecule has 1 aliphatic carbocycles. The van der Waals surface area contributed by atoms with Gasteiger partial charge in [-0.2, -0.15) is 0 Å². The summed E-state index contributed by atoms with van der Waals surface area (Å²) in [5.41, 5.74) is 0.873. The molecule has 2 N–H and O–H groups in total. The monoisotopic (exact) mass is 439 g/mol. The van der Waals surface area contributed by atoms with Gasteiger partial charge in [0.15, 0.2) is 5.75 Å². The summed E-state index contributed by atoms with van der Waals surface area (Å²) < 4.78 is 6.01. The van der Waals surface area contributed by atoms with E-state index in [0.29, 0.717) is 52.2 Å². The molecule has 0 unspecified atom stereocenters. The third kappa shape index (κ3) is 3.21. The average molecular weight is 441 g/mol. The van der Waals surface area contributed by atoms with E-state index in [1.54, 1.807) is 24.3 Å². The zero-order valence-electron chi connectivity index (χ0n) is 14.6. The van der Waals surface area contributed by atoms with Crippen LogP contribution < -0.4 is 10.1 Å². The first kappa shape index (κ1) is 19.4. The molecule has 5 nitrogen and oxygen atoms in total. The fourth-order valence-corrected chi connectivity index (χ4v) is 4.96. The molecule has 1 saturated carbocycles. The fraction of sp³-hybridized carbons (Fsp3) is 0.300. The zero-order valence-corrected chi connectivity index (χ0v) is 16.9. The van der Waals surface area contributed by atoms with E-state index in [4.69, 9.17) is 39.5 Å². The Labute approximate surface area is 176 Å². The van der Waals surface area contributed by atoms with Gasteiger partial charge in [-0.15, -0.1) is 0 Å². The van der Waals surface area contributed by atoms with Crippen molar-refractivity contribution in [1.82, 2.24) is 0 Å². The lowest BCUT2D eigenvalue weighted by Crippen LogP contribution is -2.41. The van der Waals surface area contributed by atoms with Crippen LogP contribution in [0.1, 0.15) is 41.6 Å². The summed E-state index contributed by atoms with van der Waals surface area (Å²) in [6.45, 7) is 0. The van der Waals surface area contributed by atoms with Crippen LogP contribution in [0.3, 0.4) is 0 Å². The molecule has 0 aromatic heterocycles. The normalized spacial score (nSPS) is 23.4. The number of amides is 1. The van der Waals surface area contributed by atoms with Crippen molar-refractivity contribution in [2.75, 3.05) is 5.32 Å². The highest BCUT2D eigenvalue weighted by atomic mass is 35.5. The molecule has 1 fully saturated rings. The SMILES string of the molecule is O=C(O)c1ccc2c(c1)[C@]1(CC[C@@H](Oc3c(Cl)cc(Cl)cc3Cl)CC1)C(=O)N2. The topological polar surface area (TPSA) is 75.6 Å². The highest BCUT2D eigenvalue weighted by Crippen LogP contribution is 2.49. The number of benzene rings is 2. The molecule has 1 heterocycles. The van der Waals surface area contributed by atoms with Crippen LogP contribution in [0.4, 0.5) is 5.69 Å². The number of rotatable bonds is 3. The number of hydrogen-bond donors (Lipinski definition) is 2. The number of fused-ring (bicyclic) bond motifs is 2. The summed E-state index contributed by atoms with van der Waals surface area (Å²) in [6, 6.07) is 7.90. The molecule has 2 aromatic carbocycles. The van der Waals surface area contributed by atoms with Crippen LogP contribution >= 0.6 is 34.8 Å². The Morgan fingerprint density at radius 1 is 1.11 bits per heavy atom.